The van der Waals surface area contributed by atoms with Crippen LogP contribution in [0.2, 0.25) is 0 Å². The number of imide groups is 1. The summed E-state index contributed by atoms with van der Waals surface area (Å²) in [6, 6.07) is 12.7. The number of benzene rings is 2. The van der Waals surface area contributed by atoms with Crippen LogP contribution in [0.25, 0.3) is 0 Å². The third-order valence-corrected chi connectivity index (χ3v) is 5.93. The van der Waals surface area contributed by atoms with Gasteiger partial charge < -0.3 is 4.74 Å². The maximum absolute atomic E-state index is 12.5. The van der Waals surface area contributed by atoms with Crippen molar-refractivity contribution in [1.82, 2.24) is 9.62 Å². The Bertz CT molecular complexity index is 1010. The van der Waals surface area contributed by atoms with Crippen molar-refractivity contribution in [2.75, 3.05) is 6.73 Å². The summed E-state index contributed by atoms with van der Waals surface area (Å²) < 4.78 is 32.5. The average molecular weight is 416 g/mol. The van der Waals surface area contributed by atoms with Gasteiger partial charge in [-0.2, -0.15) is 4.72 Å². The predicted octanol–water partition coefficient (Wildman–Crippen LogP) is 1.79. The van der Waals surface area contributed by atoms with Crippen molar-refractivity contribution in [3.05, 3.63) is 65.7 Å². The van der Waals surface area contributed by atoms with Crippen molar-refractivity contribution in [3.8, 4) is 0 Å². The van der Waals surface area contributed by atoms with Crippen LogP contribution in [0.3, 0.4) is 0 Å². The van der Waals surface area contributed by atoms with E-state index in [4.69, 9.17) is 4.74 Å². The first-order valence-electron chi connectivity index (χ1n) is 8.91. The Hall–Kier alpha value is -3.04. The van der Waals surface area contributed by atoms with E-state index >= 15 is 0 Å². The number of esters is 1. The number of nitrogens with zero attached hydrogens (tertiary/aromatic N) is 1. The number of fused-ring (bicyclic) bond motifs is 1. The van der Waals surface area contributed by atoms with Crippen LogP contribution in [-0.4, -0.2) is 43.9 Å². The molecular weight excluding hydrogens is 396 g/mol. The minimum Gasteiger partial charge on any atom is -0.442 e. The maximum Gasteiger partial charge on any atom is 0.326 e. The van der Waals surface area contributed by atoms with Crippen molar-refractivity contribution < 1.29 is 27.5 Å². The summed E-state index contributed by atoms with van der Waals surface area (Å²) in [5.74, 6) is -2.44. The molecular formula is C20H20N2O6S. The van der Waals surface area contributed by atoms with Crippen LogP contribution < -0.4 is 4.72 Å². The van der Waals surface area contributed by atoms with Gasteiger partial charge in [0, 0.05) is 0 Å². The fraction of sp³-hybridized carbons (Fsp3) is 0.250. The third kappa shape index (κ3) is 4.20. The van der Waals surface area contributed by atoms with Crippen LogP contribution >= 0.6 is 0 Å². The topological polar surface area (TPSA) is 110 Å². The zero-order valence-electron chi connectivity index (χ0n) is 15.9. The zero-order chi connectivity index (χ0) is 21.2. The van der Waals surface area contributed by atoms with Crippen molar-refractivity contribution >= 4 is 27.8 Å². The highest BCUT2D eigenvalue weighted by Gasteiger charge is 2.37. The van der Waals surface area contributed by atoms with Gasteiger partial charge in [-0.3, -0.25) is 14.4 Å². The first-order valence-corrected chi connectivity index (χ1v) is 10.4. The molecule has 1 heterocycles. The molecule has 1 aliphatic heterocycles. The van der Waals surface area contributed by atoms with E-state index in [-0.39, 0.29) is 16.0 Å². The number of amides is 2. The summed E-state index contributed by atoms with van der Waals surface area (Å²) in [7, 11) is -3.95. The second-order valence-corrected chi connectivity index (χ2v) is 8.55. The highest BCUT2D eigenvalue weighted by molar-refractivity contribution is 7.89. The molecule has 0 aromatic heterocycles. The molecule has 2 amide bonds. The first kappa shape index (κ1) is 20.7. The molecule has 152 valence electrons. The Kier molecular flexibility index (Phi) is 5.81. The van der Waals surface area contributed by atoms with Crippen LogP contribution in [0.15, 0.2) is 59.5 Å². The first-order chi connectivity index (χ1) is 13.7. The molecule has 2 aromatic carbocycles. The van der Waals surface area contributed by atoms with E-state index in [1.807, 2.05) is 0 Å². The van der Waals surface area contributed by atoms with Gasteiger partial charge in [0.2, 0.25) is 10.0 Å². The second-order valence-electron chi connectivity index (χ2n) is 6.83. The molecule has 1 aliphatic rings. The lowest BCUT2D eigenvalue weighted by molar-refractivity contribution is -0.149. The van der Waals surface area contributed by atoms with Crippen LogP contribution in [0.5, 0.6) is 0 Å². The van der Waals surface area contributed by atoms with E-state index < -0.39 is 46.5 Å². The van der Waals surface area contributed by atoms with Gasteiger partial charge in [0.1, 0.15) is 6.04 Å². The number of hydrogen-bond donors (Lipinski definition) is 1. The Morgan fingerprint density at radius 3 is 2.00 bits per heavy atom. The average Bonchev–Trinajstić information content (AvgIpc) is 2.95. The minimum absolute atomic E-state index is 0.0128. The molecule has 1 atom stereocenters. The number of nitrogens with one attached hydrogen (secondary N) is 1. The summed E-state index contributed by atoms with van der Waals surface area (Å²) in [4.78, 5) is 38.0. The highest BCUT2D eigenvalue weighted by atomic mass is 32.2. The number of hydrogen-bond acceptors (Lipinski definition) is 6. The Labute approximate surface area is 168 Å². The van der Waals surface area contributed by atoms with Gasteiger partial charge in [0.15, 0.2) is 6.73 Å². The molecule has 9 heteroatoms. The van der Waals surface area contributed by atoms with E-state index in [0.717, 1.165) is 4.90 Å². The SMILES string of the molecule is CC(C)[C@H](NS(=O)(=O)c1ccccc1)C(=O)OCN1C(=O)c2ccccc2C1=O. The molecule has 3 rings (SSSR count). The van der Waals surface area contributed by atoms with Gasteiger partial charge >= 0.3 is 5.97 Å². The molecule has 0 unspecified atom stereocenters. The number of rotatable bonds is 7. The lowest BCUT2D eigenvalue weighted by Gasteiger charge is -2.22. The molecule has 0 saturated heterocycles. The lowest BCUT2D eigenvalue weighted by Crippen LogP contribution is -2.46. The fourth-order valence-corrected chi connectivity index (χ4v) is 4.22. The zero-order valence-corrected chi connectivity index (χ0v) is 16.7. The number of carbonyl (C=O) groups is 3. The van der Waals surface area contributed by atoms with E-state index in [0.29, 0.717) is 0 Å². The van der Waals surface area contributed by atoms with Crippen LogP contribution in [0.4, 0.5) is 0 Å². The Morgan fingerprint density at radius 1 is 0.966 bits per heavy atom. The van der Waals surface area contributed by atoms with E-state index in [1.54, 1.807) is 44.2 Å². The Morgan fingerprint density at radius 2 is 1.48 bits per heavy atom. The number of carbonyl (C=O) groups excluding carboxylic acids is 3. The van der Waals surface area contributed by atoms with Gasteiger partial charge in [-0.1, -0.05) is 44.2 Å². The van der Waals surface area contributed by atoms with Gasteiger partial charge in [-0.25, -0.2) is 13.3 Å². The summed E-state index contributed by atoms with van der Waals surface area (Å²) >= 11 is 0. The van der Waals surface area contributed by atoms with Crippen LogP contribution in [-0.2, 0) is 19.6 Å². The molecule has 0 aliphatic carbocycles. The van der Waals surface area contributed by atoms with Gasteiger partial charge in [-0.15, -0.1) is 0 Å². The summed E-state index contributed by atoms with van der Waals surface area (Å²) in [5.41, 5.74) is 0.470. The molecule has 29 heavy (non-hydrogen) atoms. The fourth-order valence-electron chi connectivity index (χ4n) is 2.87. The number of sulfonamides is 1. The van der Waals surface area contributed by atoms with E-state index in [9.17, 15) is 22.8 Å². The second kappa shape index (κ2) is 8.14. The lowest BCUT2D eigenvalue weighted by atomic mass is 10.1. The summed E-state index contributed by atoms with van der Waals surface area (Å²) in [5, 5.41) is 0. The molecule has 8 nitrogen and oxygen atoms in total. The molecule has 2 aromatic rings. The van der Waals surface area contributed by atoms with Gasteiger partial charge in [0.05, 0.1) is 16.0 Å². The van der Waals surface area contributed by atoms with Crippen molar-refractivity contribution in [1.29, 1.82) is 0 Å². The monoisotopic (exact) mass is 416 g/mol. The van der Waals surface area contributed by atoms with Crippen molar-refractivity contribution in [2.24, 2.45) is 5.92 Å². The quantitative estimate of drug-likeness (QED) is 0.544. The largest absolute Gasteiger partial charge is 0.442 e. The Balaban J connectivity index is 1.70. The maximum atomic E-state index is 12.5. The minimum atomic E-state index is -3.95. The normalized spacial score (nSPS) is 14.8. The molecule has 0 spiro atoms. The molecule has 1 N–H and O–H groups in total. The molecule has 0 bridgehead atoms. The van der Waals surface area contributed by atoms with Crippen molar-refractivity contribution in [3.63, 3.8) is 0 Å². The van der Waals surface area contributed by atoms with Crippen molar-refractivity contribution in [2.45, 2.75) is 24.8 Å². The molecule has 0 fully saturated rings. The smallest absolute Gasteiger partial charge is 0.326 e. The van der Waals surface area contributed by atoms with E-state index in [1.165, 1.54) is 24.3 Å². The van der Waals surface area contributed by atoms with Crippen LogP contribution in [0, 0.1) is 5.92 Å². The standard InChI is InChI=1S/C20H20N2O6S/c1-13(2)17(21-29(26,27)14-8-4-3-5-9-14)20(25)28-12-22-18(23)15-10-6-7-11-16(15)19(22)24/h3-11,13,17,21H,12H2,1-2H3/t17-/m0/s1. The summed E-state index contributed by atoms with van der Waals surface area (Å²) in [6.07, 6.45) is 0. The number of ether oxygens (including phenoxy) is 1. The molecule has 0 saturated carbocycles. The van der Waals surface area contributed by atoms with Gasteiger partial charge in [0.25, 0.3) is 11.8 Å². The van der Waals surface area contributed by atoms with Gasteiger partial charge in [-0.05, 0) is 30.2 Å². The third-order valence-electron chi connectivity index (χ3n) is 4.47. The molecule has 0 radical (unpaired) electrons. The van der Waals surface area contributed by atoms with E-state index in [2.05, 4.69) is 4.72 Å². The summed E-state index contributed by atoms with van der Waals surface area (Å²) in [6.45, 7) is 2.71. The van der Waals surface area contributed by atoms with Crippen LogP contribution in [0.1, 0.15) is 34.6 Å². The highest BCUT2D eigenvalue weighted by Crippen LogP contribution is 2.22. The predicted molar refractivity (Wildman–Crippen MR) is 103 cm³/mol.